The van der Waals surface area contributed by atoms with Crippen molar-refractivity contribution in [2.45, 2.75) is 65.8 Å². The third kappa shape index (κ3) is 4.97. The summed E-state index contributed by atoms with van der Waals surface area (Å²) in [7, 11) is 0. The van der Waals surface area contributed by atoms with Gasteiger partial charge in [0.2, 0.25) is 5.91 Å². The molecule has 0 aromatic rings. The van der Waals surface area contributed by atoms with Crippen molar-refractivity contribution in [1.82, 2.24) is 10.6 Å². The van der Waals surface area contributed by atoms with Crippen molar-refractivity contribution in [3.8, 4) is 0 Å². The molecule has 0 bridgehead atoms. The van der Waals surface area contributed by atoms with Crippen molar-refractivity contribution < 1.29 is 4.79 Å². The van der Waals surface area contributed by atoms with E-state index >= 15 is 0 Å². The molecule has 3 nitrogen and oxygen atoms in total. The van der Waals surface area contributed by atoms with Gasteiger partial charge in [0.15, 0.2) is 0 Å². The fraction of sp³-hybridized carbons (Fsp3) is 0.933. The van der Waals surface area contributed by atoms with Gasteiger partial charge >= 0.3 is 0 Å². The lowest BCUT2D eigenvalue weighted by Gasteiger charge is -2.26. The topological polar surface area (TPSA) is 41.1 Å². The third-order valence-corrected chi connectivity index (χ3v) is 4.01. The Morgan fingerprint density at radius 1 is 1.39 bits per heavy atom. The second kappa shape index (κ2) is 7.13. The van der Waals surface area contributed by atoms with Crippen molar-refractivity contribution in [3.05, 3.63) is 0 Å². The van der Waals surface area contributed by atoms with Gasteiger partial charge in [-0.1, -0.05) is 47.0 Å². The minimum Gasteiger partial charge on any atom is -0.354 e. The molecule has 1 heterocycles. The van der Waals surface area contributed by atoms with E-state index in [-0.39, 0.29) is 17.4 Å². The summed E-state index contributed by atoms with van der Waals surface area (Å²) in [6, 6.07) is 0.0245. The molecule has 0 aromatic carbocycles. The number of hydrogen-bond acceptors (Lipinski definition) is 2. The van der Waals surface area contributed by atoms with Crippen LogP contribution < -0.4 is 10.6 Å². The average molecular weight is 254 g/mol. The highest BCUT2D eigenvalue weighted by molar-refractivity contribution is 5.82. The Bertz CT molecular complexity index is 263. The number of carbonyl (C=O) groups is 1. The van der Waals surface area contributed by atoms with Gasteiger partial charge in [0.25, 0.3) is 0 Å². The summed E-state index contributed by atoms with van der Waals surface area (Å²) >= 11 is 0. The predicted molar refractivity (Wildman–Crippen MR) is 76.5 cm³/mol. The standard InChI is InChI=1S/C15H30N2O/c1-5-6-7-9-15(3,4)11-17-14(18)13-12(2)8-10-16-13/h12-13,16H,5-11H2,1-4H3,(H,17,18). The zero-order valence-corrected chi connectivity index (χ0v) is 12.5. The molecule has 1 aliphatic rings. The van der Waals surface area contributed by atoms with Crippen LogP contribution in [0.1, 0.15) is 59.8 Å². The summed E-state index contributed by atoms with van der Waals surface area (Å²) in [6.07, 6.45) is 6.11. The van der Waals surface area contributed by atoms with E-state index in [0.29, 0.717) is 5.92 Å². The highest BCUT2D eigenvalue weighted by Crippen LogP contribution is 2.23. The zero-order chi connectivity index (χ0) is 13.6. The Hall–Kier alpha value is -0.570. The molecule has 1 saturated heterocycles. The van der Waals surface area contributed by atoms with Gasteiger partial charge in [-0.05, 0) is 30.7 Å². The first-order valence-electron chi connectivity index (χ1n) is 7.47. The Labute approximate surface area is 112 Å². The summed E-state index contributed by atoms with van der Waals surface area (Å²) in [4.78, 5) is 12.1. The van der Waals surface area contributed by atoms with Gasteiger partial charge in [-0.15, -0.1) is 0 Å². The van der Waals surface area contributed by atoms with E-state index in [1.54, 1.807) is 0 Å². The monoisotopic (exact) mass is 254 g/mol. The fourth-order valence-electron chi connectivity index (χ4n) is 2.56. The van der Waals surface area contributed by atoms with Crippen LogP contribution in [-0.4, -0.2) is 25.0 Å². The van der Waals surface area contributed by atoms with E-state index in [1.807, 2.05) is 0 Å². The van der Waals surface area contributed by atoms with Crippen molar-refractivity contribution in [3.63, 3.8) is 0 Å². The quantitative estimate of drug-likeness (QED) is 0.686. The summed E-state index contributed by atoms with van der Waals surface area (Å²) < 4.78 is 0. The van der Waals surface area contributed by atoms with E-state index in [0.717, 1.165) is 19.5 Å². The molecular weight excluding hydrogens is 224 g/mol. The highest BCUT2D eigenvalue weighted by Gasteiger charge is 2.30. The highest BCUT2D eigenvalue weighted by atomic mass is 16.2. The molecular formula is C15H30N2O. The van der Waals surface area contributed by atoms with Crippen molar-refractivity contribution in [1.29, 1.82) is 0 Å². The Kier molecular flexibility index (Phi) is 6.13. The van der Waals surface area contributed by atoms with Crippen molar-refractivity contribution in [2.75, 3.05) is 13.1 Å². The van der Waals surface area contributed by atoms with Gasteiger partial charge in [-0.25, -0.2) is 0 Å². The Morgan fingerprint density at radius 3 is 2.67 bits per heavy atom. The SMILES string of the molecule is CCCCCC(C)(C)CNC(=O)C1NCCC1C. The van der Waals surface area contributed by atoms with Crippen LogP contribution in [0.25, 0.3) is 0 Å². The molecule has 1 fully saturated rings. The van der Waals surface area contributed by atoms with Crippen molar-refractivity contribution >= 4 is 5.91 Å². The van der Waals surface area contributed by atoms with Gasteiger partial charge in [0.05, 0.1) is 6.04 Å². The fourth-order valence-corrected chi connectivity index (χ4v) is 2.56. The van der Waals surface area contributed by atoms with Crippen LogP contribution in [0.4, 0.5) is 0 Å². The maximum absolute atomic E-state index is 12.1. The van der Waals surface area contributed by atoms with Crippen molar-refractivity contribution in [2.24, 2.45) is 11.3 Å². The summed E-state index contributed by atoms with van der Waals surface area (Å²) in [6.45, 7) is 10.6. The van der Waals surface area contributed by atoms with Gasteiger partial charge in [-0.2, -0.15) is 0 Å². The van der Waals surface area contributed by atoms with Crippen LogP contribution in [0, 0.1) is 11.3 Å². The Balaban J connectivity index is 2.28. The number of nitrogens with one attached hydrogen (secondary N) is 2. The Morgan fingerprint density at radius 2 is 2.11 bits per heavy atom. The number of carbonyl (C=O) groups excluding carboxylic acids is 1. The first kappa shape index (κ1) is 15.5. The molecule has 1 amide bonds. The number of hydrogen-bond donors (Lipinski definition) is 2. The molecule has 106 valence electrons. The second-order valence-corrected chi connectivity index (χ2v) is 6.54. The van der Waals surface area contributed by atoms with Crippen LogP contribution in [0.15, 0.2) is 0 Å². The summed E-state index contributed by atoms with van der Waals surface area (Å²) in [5.41, 5.74) is 0.215. The largest absolute Gasteiger partial charge is 0.354 e. The first-order chi connectivity index (χ1) is 8.46. The van der Waals surface area contributed by atoms with E-state index in [9.17, 15) is 4.79 Å². The van der Waals surface area contributed by atoms with Gasteiger partial charge in [0.1, 0.15) is 0 Å². The second-order valence-electron chi connectivity index (χ2n) is 6.54. The zero-order valence-electron chi connectivity index (χ0n) is 12.5. The molecule has 2 N–H and O–H groups in total. The normalized spacial score (nSPS) is 24.2. The molecule has 18 heavy (non-hydrogen) atoms. The number of amides is 1. The maximum Gasteiger partial charge on any atom is 0.237 e. The van der Waals surface area contributed by atoms with E-state index in [1.165, 1.54) is 25.7 Å². The molecule has 1 rings (SSSR count). The molecule has 0 aliphatic carbocycles. The van der Waals surface area contributed by atoms with Crippen LogP contribution >= 0.6 is 0 Å². The molecule has 0 saturated carbocycles. The summed E-state index contributed by atoms with van der Waals surface area (Å²) in [5, 5.41) is 6.40. The lowest BCUT2D eigenvalue weighted by Crippen LogP contribution is -2.46. The van der Waals surface area contributed by atoms with Gasteiger partial charge in [-0.3, -0.25) is 4.79 Å². The van der Waals surface area contributed by atoms with Crippen LogP contribution in [0.3, 0.4) is 0 Å². The molecule has 0 radical (unpaired) electrons. The molecule has 2 atom stereocenters. The molecule has 3 heteroatoms. The predicted octanol–water partition coefficient (Wildman–Crippen LogP) is 2.71. The van der Waals surface area contributed by atoms with Gasteiger partial charge in [0, 0.05) is 6.54 Å². The minimum absolute atomic E-state index is 0.0245. The number of unbranched alkanes of at least 4 members (excludes halogenated alkanes) is 2. The maximum atomic E-state index is 12.1. The lowest BCUT2D eigenvalue weighted by molar-refractivity contribution is -0.124. The van der Waals surface area contributed by atoms with Crippen LogP contribution in [0.5, 0.6) is 0 Å². The lowest BCUT2D eigenvalue weighted by atomic mass is 9.86. The van der Waals surface area contributed by atoms with E-state index < -0.39 is 0 Å². The third-order valence-electron chi connectivity index (χ3n) is 4.01. The van der Waals surface area contributed by atoms with E-state index in [4.69, 9.17) is 0 Å². The van der Waals surface area contributed by atoms with E-state index in [2.05, 4.69) is 38.3 Å². The smallest absolute Gasteiger partial charge is 0.237 e. The number of rotatable bonds is 7. The summed E-state index contributed by atoms with van der Waals surface area (Å²) in [5.74, 6) is 0.650. The van der Waals surface area contributed by atoms with Crippen LogP contribution in [-0.2, 0) is 4.79 Å². The van der Waals surface area contributed by atoms with Gasteiger partial charge < -0.3 is 10.6 Å². The molecule has 0 spiro atoms. The average Bonchev–Trinajstić information content (AvgIpc) is 2.73. The van der Waals surface area contributed by atoms with Crippen LogP contribution in [0.2, 0.25) is 0 Å². The molecule has 1 aliphatic heterocycles. The minimum atomic E-state index is 0.0245. The molecule has 2 unspecified atom stereocenters. The molecule has 0 aromatic heterocycles. The first-order valence-corrected chi connectivity index (χ1v) is 7.47.